The molecule has 0 saturated heterocycles. The number of aliphatic carboxylic acids is 1. The molecule has 0 aliphatic heterocycles. The molecule has 0 aromatic rings. The van der Waals surface area contributed by atoms with Crippen molar-refractivity contribution in [3.63, 3.8) is 0 Å². The molecule has 2 amide bonds. The molecule has 0 heterocycles. The molecule has 0 aliphatic rings. The molecule has 2 N–H and O–H groups in total. The van der Waals surface area contributed by atoms with E-state index < -0.39 is 11.5 Å². The van der Waals surface area contributed by atoms with Gasteiger partial charge in [-0.2, -0.15) is 0 Å². The number of nitrogens with one attached hydrogen (secondary N) is 1. The van der Waals surface area contributed by atoms with Crippen molar-refractivity contribution in [1.82, 2.24) is 10.2 Å². The van der Waals surface area contributed by atoms with Crippen LogP contribution in [0.1, 0.15) is 47.5 Å². The second kappa shape index (κ2) is 7.24. The smallest absolute Gasteiger partial charge is 0.328 e. The topological polar surface area (TPSA) is 69.6 Å². The van der Waals surface area contributed by atoms with Gasteiger partial charge in [-0.15, -0.1) is 0 Å². The first-order chi connectivity index (χ1) is 8.28. The van der Waals surface area contributed by atoms with E-state index in [0.717, 1.165) is 12.8 Å². The molecular formula is C13H26N2O3. The normalized spacial score (nSPS) is 11.4. The first kappa shape index (κ1) is 16.7. The highest BCUT2D eigenvalue weighted by Crippen LogP contribution is 2.11. The fraction of sp³-hybridized carbons (Fsp3) is 0.846. The van der Waals surface area contributed by atoms with E-state index >= 15 is 0 Å². The Morgan fingerprint density at radius 2 is 1.72 bits per heavy atom. The lowest BCUT2D eigenvalue weighted by Gasteiger charge is -2.29. The molecule has 106 valence electrons. The van der Waals surface area contributed by atoms with Crippen molar-refractivity contribution in [1.29, 1.82) is 0 Å². The van der Waals surface area contributed by atoms with Crippen LogP contribution in [0.2, 0.25) is 0 Å². The molecule has 5 heteroatoms. The molecular weight excluding hydrogens is 232 g/mol. The quantitative estimate of drug-likeness (QED) is 0.736. The van der Waals surface area contributed by atoms with Crippen LogP contribution < -0.4 is 5.32 Å². The van der Waals surface area contributed by atoms with Gasteiger partial charge in [-0.25, -0.2) is 9.59 Å². The lowest BCUT2D eigenvalue weighted by Crippen LogP contribution is -2.54. The third-order valence-electron chi connectivity index (χ3n) is 3.26. The molecule has 0 unspecified atom stereocenters. The SMILES string of the molecule is CCC(CC)CN(CC)C(=O)NC(C)(C)C(=O)O. The van der Waals surface area contributed by atoms with E-state index in [1.165, 1.54) is 13.8 Å². The highest BCUT2D eigenvalue weighted by molar-refractivity contribution is 5.85. The Labute approximate surface area is 110 Å². The standard InChI is InChI=1S/C13H26N2O3/c1-6-10(7-2)9-15(8-3)12(18)14-13(4,5)11(16)17/h10H,6-9H2,1-5H3,(H,14,18)(H,16,17). The van der Waals surface area contributed by atoms with Crippen LogP contribution in [-0.4, -0.2) is 40.6 Å². The zero-order valence-electron chi connectivity index (χ0n) is 12.1. The van der Waals surface area contributed by atoms with Gasteiger partial charge in [-0.1, -0.05) is 26.7 Å². The Hall–Kier alpha value is -1.26. The molecule has 0 fully saturated rings. The second-order valence-corrected chi connectivity index (χ2v) is 5.08. The number of urea groups is 1. The molecule has 0 bridgehead atoms. The third kappa shape index (κ3) is 4.94. The van der Waals surface area contributed by atoms with E-state index in [9.17, 15) is 9.59 Å². The number of carbonyl (C=O) groups is 2. The molecule has 5 nitrogen and oxygen atoms in total. The number of rotatable bonds is 7. The molecule has 18 heavy (non-hydrogen) atoms. The Morgan fingerprint density at radius 1 is 1.22 bits per heavy atom. The van der Waals surface area contributed by atoms with Crippen molar-refractivity contribution in [2.45, 2.75) is 53.0 Å². The summed E-state index contributed by atoms with van der Waals surface area (Å²) in [5.41, 5.74) is -1.24. The Balaban J connectivity index is 4.58. The number of hydrogen-bond acceptors (Lipinski definition) is 2. The van der Waals surface area contributed by atoms with E-state index in [1.807, 2.05) is 6.92 Å². The number of nitrogens with zero attached hydrogens (tertiary/aromatic N) is 1. The zero-order chi connectivity index (χ0) is 14.3. The van der Waals surface area contributed by atoms with Gasteiger partial charge in [0.25, 0.3) is 0 Å². The predicted octanol–water partition coefficient (Wildman–Crippen LogP) is 2.32. The minimum atomic E-state index is -1.24. The summed E-state index contributed by atoms with van der Waals surface area (Å²) in [4.78, 5) is 24.7. The van der Waals surface area contributed by atoms with Gasteiger partial charge in [-0.05, 0) is 26.7 Å². The lowest BCUT2D eigenvalue weighted by molar-refractivity contribution is -0.143. The highest BCUT2D eigenvalue weighted by atomic mass is 16.4. The van der Waals surface area contributed by atoms with Crippen LogP contribution in [-0.2, 0) is 4.79 Å². The zero-order valence-corrected chi connectivity index (χ0v) is 12.1. The van der Waals surface area contributed by atoms with Crippen LogP contribution >= 0.6 is 0 Å². The van der Waals surface area contributed by atoms with Crippen molar-refractivity contribution in [3.05, 3.63) is 0 Å². The number of amides is 2. The summed E-state index contributed by atoms with van der Waals surface area (Å²) >= 11 is 0. The van der Waals surface area contributed by atoms with Gasteiger partial charge < -0.3 is 15.3 Å². The fourth-order valence-electron chi connectivity index (χ4n) is 1.61. The van der Waals surface area contributed by atoms with E-state index in [4.69, 9.17) is 5.11 Å². The fourth-order valence-corrected chi connectivity index (χ4v) is 1.61. The monoisotopic (exact) mass is 258 g/mol. The number of hydrogen-bond donors (Lipinski definition) is 2. The summed E-state index contributed by atoms with van der Waals surface area (Å²) in [7, 11) is 0. The minimum Gasteiger partial charge on any atom is -0.480 e. The molecule has 0 aromatic heterocycles. The maximum Gasteiger partial charge on any atom is 0.328 e. The summed E-state index contributed by atoms with van der Waals surface area (Å²) in [5.74, 6) is -0.571. The average molecular weight is 258 g/mol. The first-order valence-electron chi connectivity index (χ1n) is 6.58. The van der Waals surface area contributed by atoms with Crippen LogP contribution in [0.15, 0.2) is 0 Å². The van der Waals surface area contributed by atoms with Crippen LogP contribution in [0.5, 0.6) is 0 Å². The van der Waals surface area contributed by atoms with Crippen LogP contribution in [0.4, 0.5) is 4.79 Å². The highest BCUT2D eigenvalue weighted by Gasteiger charge is 2.30. The molecule has 0 rings (SSSR count). The Morgan fingerprint density at radius 3 is 2.06 bits per heavy atom. The summed E-state index contributed by atoms with van der Waals surface area (Å²) in [6.45, 7) is 10.3. The average Bonchev–Trinajstić information content (AvgIpc) is 2.29. The van der Waals surface area contributed by atoms with Crippen molar-refractivity contribution < 1.29 is 14.7 Å². The van der Waals surface area contributed by atoms with Gasteiger partial charge in [0.05, 0.1) is 0 Å². The van der Waals surface area contributed by atoms with E-state index in [1.54, 1.807) is 4.90 Å². The molecule has 0 radical (unpaired) electrons. The van der Waals surface area contributed by atoms with Gasteiger partial charge in [0, 0.05) is 13.1 Å². The Kier molecular flexibility index (Phi) is 6.73. The predicted molar refractivity (Wildman–Crippen MR) is 71.6 cm³/mol. The summed E-state index contributed by atoms with van der Waals surface area (Å²) in [5, 5.41) is 11.5. The van der Waals surface area contributed by atoms with Crippen LogP contribution in [0.25, 0.3) is 0 Å². The summed E-state index contributed by atoms with van der Waals surface area (Å²) in [6.07, 6.45) is 2.03. The molecule has 0 saturated carbocycles. The van der Waals surface area contributed by atoms with Crippen molar-refractivity contribution in [2.24, 2.45) is 5.92 Å². The number of carbonyl (C=O) groups excluding carboxylic acids is 1. The third-order valence-corrected chi connectivity index (χ3v) is 3.26. The largest absolute Gasteiger partial charge is 0.480 e. The molecule has 0 aliphatic carbocycles. The van der Waals surface area contributed by atoms with Gasteiger partial charge >= 0.3 is 12.0 Å². The second-order valence-electron chi connectivity index (χ2n) is 5.08. The first-order valence-corrected chi connectivity index (χ1v) is 6.58. The molecule has 0 aromatic carbocycles. The number of carboxylic acid groups (broad SMARTS) is 1. The van der Waals surface area contributed by atoms with E-state index in [2.05, 4.69) is 19.2 Å². The Bertz CT molecular complexity index is 286. The van der Waals surface area contributed by atoms with Crippen molar-refractivity contribution in [2.75, 3.05) is 13.1 Å². The van der Waals surface area contributed by atoms with Gasteiger partial charge in [-0.3, -0.25) is 0 Å². The lowest BCUT2D eigenvalue weighted by atomic mass is 10.0. The van der Waals surface area contributed by atoms with Gasteiger partial charge in [0.2, 0.25) is 0 Å². The van der Waals surface area contributed by atoms with Crippen molar-refractivity contribution in [3.8, 4) is 0 Å². The number of carboxylic acids is 1. The van der Waals surface area contributed by atoms with Gasteiger partial charge in [0.1, 0.15) is 5.54 Å². The summed E-state index contributed by atoms with van der Waals surface area (Å²) < 4.78 is 0. The maximum atomic E-state index is 12.0. The molecule has 0 spiro atoms. The van der Waals surface area contributed by atoms with E-state index in [-0.39, 0.29) is 6.03 Å². The maximum absolute atomic E-state index is 12.0. The minimum absolute atomic E-state index is 0.309. The van der Waals surface area contributed by atoms with Crippen molar-refractivity contribution >= 4 is 12.0 Å². The summed E-state index contributed by atoms with van der Waals surface area (Å²) in [6, 6.07) is -0.309. The molecule has 0 atom stereocenters. The van der Waals surface area contributed by atoms with Crippen LogP contribution in [0.3, 0.4) is 0 Å². The van der Waals surface area contributed by atoms with E-state index in [0.29, 0.717) is 19.0 Å². The van der Waals surface area contributed by atoms with Gasteiger partial charge in [0.15, 0.2) is 0 Å². The van der Waals surface area contributed by atoms with Crippen LogP contribution in [0, 0.1) is 5.92 Å².